The van der Waals surface area contributed by atoms with Crippen LogP contribution in [0, 0.1) is 0 Å². The number of rotatable bonds is 6. The van der Waals surface area contributed by atoms with Gasteiger partial charge in [0.05, 0.1) is 6.17 Å². The fourth-order valence-corrected chi connectivity index (χ4v) is 1.34. The fourth-order valence-electron chi connectivity index (χ4n) is 0.774. The van der Waals surface area contributed by atoms with E-state index in [1.165, 1.54) is 0 Å². The van der Waals surface area contributed by atoms with Gasteiger partial charge in [-0.3, -0.25) is 5.32 Å². The molecule has 4 heteroatoms. The zero-order valence-corrected chi connectivity index (χ0v) is 10.1. The van der Waals surface area contributed by atoms with Gasteiger partial charge in [0, 0.05) is 22.9 Å². The lowest BCUT2D eigenvalue weighted by molar-refractivity contribution is 0.519. The van der Waals surface area contributed by atoms with E-state index in [0.717, 1.165) is 6.54 Å². The van der Waals surface area contributed by atoms with E-state index in [1.54, 1.807) is 0 Å². The Kier molecular flexibility index (Phi) is 7.69. The first-order valence-corrected chi connectivity index (χ1v) is 5.42. The summed E-state index contributed by atoms with van der Waals surface area (Å²) in [7, 11) is 1.95. The van der Waals surface area contributed by atoms with Crippen LogP contribution in [0.15, 0.2) is 12.4 Å². The Balaban J connectivity index is 3.57. The molecule has 3 nitrogen and oxygen atoms in total. The van der Waals surface area contributed by atoms with Crippen LogP contribution in [0.5, 0.6) is 0 Å². The molecule has 1 unspecified atom stereocenters. The summed E-state index contributed by atoms with van der Waals surface area (Å²) in [6.07, 6.45) is 4.18. The van der Waals surface area contributed by atoms with E-state index >= 15 is 0 Å². The Bertz CT molecular complexity index is 125. The van der Waals surface area contributed by atoms with Gasteiger partial charge in [0.1, 0.15) is 0 Å². The van der Waals surface area contributed by atoms with Gasteiger partial charge in [-0.05, 0) is 14.0 Å². The molecule has 0 aliphatic carbocycles. The normalized spacial score (nSPS) is 16.0. The molecule has 0 aromatic heterocycles. The molecule has 3 N–H and O–H groups in total. The molecular weight excluding hydrogens is 265 g/mol. The van der Waals surface area contributed by atoms with Crippen LogP contribution in [0.4, 0.5) is 0 Å². The molecule has 0 fully saturated rings. The quantitative estimate of drug-likeness (QED) is 0.387. The fraction of sp³-hybridized carbons (Fsp3) is 0.750. The predicted molar refractivity (Wildman–Crippen MR) is 62.3 cm³/mol. The van der Waals surface area contributed by atoms with Gasteiger partial charge in [0.15, 0.2) is 0 Å². The van der Waals surface area contributed by atoms with E-state index in [9.17, 15) is 0 Å². The topological polar surface area (TPSA) is 36.1 Å². The minimum atomic E-state index is 0.334. The van der Waals surface area contributed by atoms with Crippen molar-refractivity contribution in [3.63, 3.8) is 0 Å². The first kappa shape index (κ1) is 12.0. The molecule has 0 saturated heterocycles. The van der Waals surface area contributed by atoms with Gasteiger partial charge < -0.3 is 10.6 Å². The van der Waals surface area contributed by atoms with E-state index in [0.29, 0.717) is 10.1 Å². The maximum absolute atomic E-state index is 3.24. The van der Waals surface area contributed by atoms with Crippen molar-refractivity contribution < 1.29 is 0 Å². The van der Waals surface area contributed by atoms with Crippen molar-refractivity contribution in [2.24, 2.45) is 0 Å². The number of halogens is 1. The lowest BCUT2D eigenvalue weighted by Gasteiger charge is -2.18. The van der Waals surface area contributed by atoms with Crippen LogP contribution in [0.2, 0.25) is 0 Å². The van der Waals surface area contributed by atoms with Gasteiger partial charge in [0.25, 0.3) is 0 Å². The Morgan fingerprint density at radius 3 is 2.50 bits per heavy atom. The van der Waals surface area contributed by atoms with Gasteiger partial charge in [-0.1, -0.05) is 29.5 Å². The molecule has 0 aromatic rings. The third kappa shape index (κ3) is 5.65. The van der Waals surface area contributed by atoms with Gasteiger partial charge >= 0.3 is 0 Å². The first-order valence-electron chi connectivity index (χ1n) is 4.18. The molecule has 0 radical (unpaired) electrons. The number of hydrogen-bond donors (Lipinski definition) is 3. The highest BCUT2D eigenvalue weighted by atomic mass is 127. The Hall–Kier alpha value is 0.0300. The highest BCUT2D eigenvalue weighted by molar-refractivity contribution is 14.1. The van der Waals surface area contributed by atoms with Crippen LogP contribution < -0.4 is 16.0 Å². The lowest BCUT2D eigenvalue weighted by Crippen LogP contribution is -2.43. The number of alkyl halides is 1. The van der Waals surface area contributed by atoms with Crippen LogP contribution in [-0.2, 0) is 0 Å². The zero-order valence-electron chi connectivity index (χ0n) is 7.89. The SMILES string of the molecule is CCN/C=C/NC(NC)[C@@H](C)I. The Labute approximate surface area is 88.5 Å². The van der Waals surface area contributed by atoms with Crippen molar-refractivity contribution in [1.29, 1.82) is 0 Å². The van der Waals surface area contributed by atoms with Crippen molar-refractivity contribution in [1.82, 2.24) is 16.0 Å². The second-order valence-corrected chi connectivity index (χ2v) is 4.47. The molecule has 0 heterocycles. The number of nitrogens with one attached hydrogen (secondary N) is 3. The number of hydrogen-bond acceptors (Lipinski definition) is 3. The maximum atomic E-state index is 3.24. The third-order valence-electron chi connectivity index (χ3n) is 1.45. The standard InChI is InChI=1S/C8H18IN3/c1-4-11-5-6-12-8(10-3)7(2)9/h5-8,10-12H,4H2,1-3H3/b6-5+/t7-,8?/m1/s1. The minimum Gasteiger partial charge on any atom is -0.390 e. The Morgan fingerprint density at radius 1 is 1.42 bits per heavy atom. The second-order valence-electron chi connectivity index (χ2n) is 2.50. The summed E-state index contributed by atoms with van der Waals surface area (Å²) in [5, 5.41) is 9.52. The molecule has 72 valence electrons. The Morgan fingerprint density at radius 2 is 2.08 bits per heavy atom. The van der Waals surface area contributed by atoms with Crippen molar-refractivity contribution >= 4 is 22.6 Å². The van der Waals surface area contributed by atoms with E-state index in [2.05, 4.69) is 52.4 Å². The predicted octanol–water partition coefficient (Wildman–Crippen LogP) is 1.03. The molecule has 12 heavy (non-hydrogen) atoms. The molecule has 0 saturated carbocycles. The van der Waals surface area contributed by atoms with Crippen LogP contribution in [0.3, 0.4) is 0 Å². The van der Waals surface area contributed by atoms with Crippen LogP contribution in [0.1, 0.15) is 13.8 Å². The smallest absolute Gasteiger partial charge is 0.0879 e. The molecule has 0 aliphatic rings. The maximum Gasteiger partial charge on any atom is 0.0879 e. The largest absolute Gasteiger partial charge is 0.390 e. The second kappa shape index (κ2) is 7.67. The van der Waals surface area contributed by atoms with E-state index in [4.69, 9.17) is 0 Å². The van der Waals surface area contributed by atoms with Gasteiger partial charge in [0.2, 0.25) is 0 Å². The summed E-state index contributed by atoms with van der Waals surface area (Å²) in [6.45, 7) is 5.19. The van der Waals surface area contributed by atoms with Crippen molar-refractivity contribution in [2.45, 2.75) is 23.9 Å². The van der Waals surface area contributed by atoms with Crippen molar-refractivity contribution in [3.05, 3.63) is 12.4 Å². The average molecular weight is 283 g/mol. The summed E-state index contributed by atoms with van der Waals surface area (Å²) in [5.41, 5.74) is 0. The molecule has 0 aromatic carbocycles. The van der Waals surface area contributed by atoms with E-state index < -0.39 is 0 Å². The monoisotopic (exact) mass is 283 g/mol. The highest BCUT2D eigenvalue weighted by Crippen LogP contribution is 2.01. The molecule has 2 atom stereocenters. The summed E-state index contributed by atoms with van der Waals surface area (Å²) < 4.78 is 0.555. The minimum absolute atomic E-state index is 0.334. The lowest BCUT2D eigenvalue weighted by atomic mass is 10.4. The van der Waals surface area contributed by atoms with Crippen LogP contribution >= 0.6 is 22.6 Å². The van der Waals surface area contributed by atoms with Gasteiger partial charge in [-0.2, -0.15) is 0 Å². The van der Waals surface area contributed by atoms with E-state index in [1.807, 2.05) is 19.4 Å². The van der Waals surface area contributed by atoms with Gasteiger partial charge in [-0.25, -0.2) is 0 Å². The van der Waals surface area contributed by atoms with Gasteiger partial charge in [-0.15, -0.1) is 0 Å². The van der Waals surface area contributed by atoms with Crippen molar-refractivity contribution in [2.75, 3.05) is 13.6 Å². The molecule has 0 spiro atoms. The molecule has 0 bridgehead atoms. The first-order chi connectivity index (χ1) is 5.72. The molecule has 0 aliphatic heterocycles. The molecular formula is C8H18IN3. The average Bonchev–Trinajstić information content (AvgIpc) is 2.04. The third-order valence-corrected chi connectivity index (χ3v) is 2.17. The van der Waals surface area contributed by atoms with Crippen LogP contribution in [0.25, 0.3) is 0 Å². The van der Waals surface area contributed by atoms with Crippen LogP contribution in [-0.4, -0.2) is 23.7 Å². The van der Waals surface area contributed by atoms with E-state index in [-0.39, 0.29) is 0 Å². The molecule has 0 amide bonds. The summed E-state index contributed by atoms with van der Waals surface area (Å²) in [5.74, 6) is 0. The van der Waals surface area contributed by atoms with Crippen molar-refractivity contribution in [3.8, 4) is 0 Å². The summed E-state index contributed by atoms with van der Waals surface area (Å²) in [4.78, 5) is 0. The molecule has 0 rings (SSSR count). The summed E-state index contributed by atoms with van der Waals surface area (Å²) in [6, 6.07) is 0. The zero-order chi connectivity index (χ0) is 9.40. The highest BCUT2D eigenvalue weighted by Gasteiger charge is 2.07. The summed E-state index contributed by atoms with van der Waals surface area (Å²) >= 11 is 2.39.